The highest BCUT2D eigenvalue weighted by molar-refractivity contribution is 5.85. The van der Waals surface area contributed by atoms with E-state index in [0.29, 0.717) is 0 Å². The van der Waals surface area contributed by atoms with Crippen molar-refractivity contribution < 1.29 is 0 Å². The molecule has 8 heavy (non-hydrogen) atoms. The van der Waals surface area contributed by atoms with Crippen LogP contribution in [-0.2, 0) is 0 Å². The van der Waals surface area contributed by atoms with Crippen LogP contribution in [0.3, 0.4) is 0 Å². The highest BCUT2D eigenvalue weighted by Gasteiger charge is 2.27. The summed E-state index contributed by atoms with van der Waals surface area (Å²) in [6, 6.07) is 0.847. The van der Waals surface area contributed by atoms with Crippen LogP contribution in [0.4, 0.5) is 0 Å². The third kappa shape index (κ3) is 0.835. The lowest BCUT2D eigenvalue weighted by Crippen LogP contribution is -2.25. The Bertz CT molecular complexity index is 68.5. The number of hydrogen-bond donors (Lipinski definition) is 1. The molecule has 2 bridgehead atoms. The molecule has 0 radical (unpaired) electrons. The molecule has 0 aromatic heterocycles. The van der Waals surface area contributed by atoms with Crippen molar-refractivity contribution in [3.05, 3.63) is 0 Å². The van der Waals surface area contributed by atoms with Crippen molar-refractivity contribution in [1.82, 2.24) is 10.4 Å². The van der Waals surface area contributed by atoms with Crippen molar-refractivity contribution in [2.75, 3.05) is 13.1 Å². The average Bonchev–Trinajstić information content (AvgIpc) is 2.22. The van der Waals surface area contributed by atoms with Crippen molar-refractivity contribution in [3.8, 4) is 0 Å². The molecule has 2 aliphatic heterocycles. The SMILES string of the molecule is C1CN2CCC1N2.Cl. The first-order valence-electron chi connectivity index (χ1n) is 2.96. The second-order valence-electron chi connectivity index (χ2n) is 2.39. The lowest BCUT2D eigenvalue weighted by molar-refractivity contribution is 0.299. The minimum Gasteiger partial charge on any atom is -0.252 e. The average molecular weight is 135 g/mol. The van der Waals surface area contributed by atoms with Gasteiger partial charge in [-0.15, -0.1) is 12.4 Å². The van der Waals surface area contributed by atoms with E-state index in [9.17, 15) is 0 Å². The minimum absolute atomic E-state index is 0. The Kier molecular flexibility index (Phi) is 1.75. The van der Waals surface area contributed by atoms with Crippen molar-refractivity contribution in [3.63, 3.8) is 0 Å². The van der Waals surface area contributed by atoms with Crippen molar-refractivity contribution in [2.45, 2.75) is 18.9 Å². The zero-order valence-electron chi connectivity index (χ0n) is 4.76. The molecule has 2 aliphatic rings. The Balaban J connectivity index is 0.000000320. The highest BCUT2D eigenvalue weighted by Crippen LogP contribution is 2.16. The molecule has 0 spiro atoms. The number of nitrogens with zero attached hydrogens (tertiary/aromatic N) is 1. The lowest BCUT2D eigenvalue weighted by atomic mass is 10.1. The molecule has 2 nitrogen and oxygen atoms in total. The highest BCUT2D eigenvalue weighted by atomic mass is 35.5. The normalized spacial score (nSPS) is 42.0. The van der Waals surface area contributed by atoms with Crippen LogP contribution in [0.15, 0.2) is 0 Å². The number of hydrogen-bond acceptors (Lipinski definition) is 2. The Labute approximate surface area is 55.6 Å². The molecular formula is C5H11ClN2. The molecule has 2 heterocycles. The molecule has 1 N–H and O–H groups in total. The van der Waals surface area contributed by atoms with Crippen LogP contribution < -0.4 is 5.43 Å². The van der Waals surface area contributed by atoms with E-state index in [-0.39, 0.29) is 12.4 Å². The zero-order valence-corrected chi connectivity index (χ0v) is 5.58. The summed E-state index contributed by atoms with van der Waals surface area (Å²) in [5, 5.41) is 2.31. The predicted molar refractivity (Wildman–Crippen MR) is 35.0 cm³/mol. The fourth-order valence-corrected chi connectivity index (χ4v) is 1.40. The van der Waals surface area contributed by atoms with Crippen LogP contribution in [0, 0.1) is 0 Å². The summed E-state index contributed by atoms with van der Waals surface area (Å²) in [4.78, 5) is 0. The molecule has 48 valence electrons. The van der Waals surface area contributed by atoms with E-state index >= 15 is 0 Å². The van der Waals surface area contributed by atoms with Gasteiger partial charge in [0.05, 0.1) is 0 Å². The standard InChI is InChI=1S/C5H10N2.ClH/c1-3-7-4-2-5(1)6-7;/h5-6H,1-4H2;1H. The molecule has 0 amide bonds. The largest absolute Gasteiger partial charge is 0.252 e. The van der Waals surface area contributed by atoms with Gasteiger partial charge in [-0.1, -0.05) is 0 Å². The topological polar surface area (TPSA) is 15.3 Å². The number of piperidine rings is 1. The van der Waals surface area contributed by atoms with Crippen LogP contribution in [0.25, 0.3) is 0 Å². The van der Waals surface area contributed by atoms with Gasteiger partial charge in [0.25, 0.3) is 0 Å². The fraction of sp³-hybridized carbons (Fsp3) is 1.00. The first-order valence-corrected chi connectivity index (χ1v) is 2.96. The minimum atomic E-state index is 0. The van der Waals surface area contributed by atoms with Gasteiger partial charge in [-0.3, -0.25) is 5.43 Å². The van der Waals surface area contributed by atoms with Gasteiger partial charge in [0.15, 0.2) is 0 Å². The van der Waals surface area contributed by atoms with Crippen LogP contribution in [-0.4, -0.2) is 24.1 Å². The van der Waals surface area contributed by atoms with Gasteiger partial charge in [0, 0.05) is 19.1 Å². The van der Waals surface area contributed by atoms with Crippen LogP contribution in [0.1, 0.15) is 12.8 Å². The van der Waals surface area contributed by atoms with E-state index in [4.69, 9.17) is 0 Å². The molecule has 0 unspecified atom stereocenters. The van der Waals surface area contributed by atoms with Crippen LogP contribution in [0.5, 0.6) is 0 Å². The summed E-state index contributed by atoms with van der Waals surface area (Å²) in [5.41, 5.74) is 3.36. The van der Waals surface area contributed by atoms with E-state index in [1.165, 1.54) is 25.9 Å². The van der Waals surface area contributed by atoms with Crippen molar-refractivity contribution in [2.24, 2.45) is 0 Å². The summed E-state index contributed by atoms with van der Waals surface area (Å²) >= 11 is 0. The molecule has 3 heteroatoms. The summed E-state index contributed by atoms with van der Waals surface area (Å²) in [6.45, 7) is 2.56. The molecule has 2 fully saturated rings. The zero-order chi connectivity index (χ0) is 4.69. The monoisotopic (exact) mass is 134 g/mol. The van der Waals surface area contributed by atoms with Crippen molar-refractivity contribution in [1.29, 1.82) is 0 Å². The van der Waals surface area contributed by atoms with E-state index in [1.807, 2.05) is 0 Å². The first kappa shape index (κ1) is 6.33. The Morgan fingerprint density at radius 3 is 2.00 bits per heavy atom. The maximum absolute atomic E-state index is 3.36. The molecule has 0 aromatic rings. The molecule has 0 saturated carbocycles. The van der Waals surface area contributed by atoms with Gasteiger partial charge >= 0.3 is 0 Å². The quantitative estimate of drug-likeness (QED) is 0.516. The third-order valence-electron chi connectivity index (χ3n) is 1.86. The van der Waals surface area contributed by atoms with Crippen molar-refractivity contribution >= 4 is 12.4 Å². The molecule has 0 aromatic carbocycles. The number of hydrazine groups is 1. The van der Waals surface area contributed by atoms with Gasteiger partial charge < -0.3 is 0 Å². The Hall–Kier alpha value is 0.210. The summed E-state index contributed by atoms with van der Waals surface area (Å²) in [7, 11) is 0. The van der Waals surface area contributed by atoms with Gasteiger partial charge in [-0.25, -0.2) is 5.01 Å². The summed E-state index contributed by atoms with van der Waals surface area (Å²) in [5.74, 6) is 0. The Morgan fingerprint density at radius 1 is 1.25 bits per heavy atom. The molecule has 0 aliphatic carbocycles. The summed E-state index contributed by atoms with van der Waals surface area (Å²) < 4.78 is 0. The number of nitrogens with one attached hydrogen (secondary N) is 1. The van der Waals surface area contributed by atoms with Gasteiger partial charge in [0.1, 0.15) is 0 Å². The summed E-state index contributed by atoms with van der Waals surface area (Å²) in [6.07, 6.45) is 2.75. The number of fused-ring (bicyclic) bond motifs is 2. The van der Waals surface area contributed by atoms with Gasteiger partial charge in [-0.2, -0.15) is 0 Å². The number of rotatable bonds is 0. The van der Waals surface area contributed by atoms with Crippen LogP contribution in [0.2, 0.25) is 0 Å². The molecule has 0 atom stereocenters. The third-order valence-corrected chi connectivity index (χ3v) is 1.86. The van der Waals surface area contributed by atoms with E-state index < -0.39 is 0 Å². The lowest BCUT2D eigenvalue weighted by Gasteiger charge is -2.07. The molecular weight excluding hydrogens is 124 g/mol. The Morgan fingerprint density at radius 2 is 1.88 bits per heavy atom. The second-order valence-corrected chi connectivity index (χ2v) is 2.39. The first-order chi connectivity index (χ1) is 3.45. The van der Waals surface area contributed by atoms with Gasteiger partial charge in [0.2, 0.25) is 0 Å². The smallest absolute Gasteiger partial charge is 0.0240 e. The maximum Gasteiger partial charge on any atom is 0.0240 e. The predicted octanol–water partition coefficient (Wildman–Crippen LogP) is 0.391. The van der Waals surface area contributed by atoms with Crippen LogP contribution >= 0.6 is 12.4 Å². The second kappa shape index (κ2) is 2.21. The van der Waals surface area contributed by atoms with E-state index in [1.54, 1.807) is 0 Å². The molecule has 2 saturated heterocycles. The van der Waals surface area contributed by atoms with E-state index in [0.717, 1.165) is 6.04 Å². The maximum atomic E-state index is 3.36. The molecule has 2 rings (SSSR count). The fourth-order valence-electron chi connectivity index (χ4n) is 1.40. The van der Waals surface area contributed by atoms with Gasteiger partial charge in [-0.05, 0) is 12.8 Å². The van der Waals surface area contributed by atoms with E-state index in [2.05, 4.69) is 10.4 Å². The number of halogens is 1.